The topological polar surface area (TPSA) is 52.3 Å². The molecule has 7 heteroatoms. The van der Waals surface area contributed by atoms with Gasteiger partial charge in [-0.05, 0) is 31.5 Å². The standard InChI is InChI=1S/C14H12F3NO2S/c1-3-20-14(19)13-11(18)6(2)12(21-13)7-4-5-8(15)10(17)9(7)16/h4-5H,3,18H2,1-2H3. The Morgan fingerprint density at radius 2 is 1.95 bits per heavy atom. The second kappa shape index (κ2) is 5.77. The maximum Gasteiger partial charge on any atom is 0.350 e. The van der Waals surface area contributed by atoms with Crippen molar-refractivity contribution in [3.05, 3.63) is 40.0 Å². The molecule has 0 saturated heterocycles. The molecule has 0 radical (unpaired) electrons. The summed E-state index contributed by atoms with van der Waals surface area (Å²) in [5, 5.41) is 0. The van der Waals surface area contributed by atoms with Crippen LogP contribution in [0, 0.1) is 24.4 Å². The van der Waals surface area contributed by atoms with E-state index in [2.05, 4.69) is 0 Å². The van der Waals surface area contributed by atoms with Crippen LogP contribution in [0.25, 0.3) is 10.4 Å². The van der Waals surface area contributed by atoms with Gasteiger partial charge in [0.15, 0.2) is 17.5 Å². The summed E-state index contributed by atoms with van der Waals surface area (Å²) in [7, 11) is 0. The molecule has 0 bridgehead atoms. The van der Waals surface area contributed by atoms with Crippen LogP contribution in [0.4, 0.5) is 18.9 Å². The van der Waals surface area contributed by atoms with E-state index in [1.807, 2.05) is 0 Å². The predicted molar refractivity (Wildman–Crippen MR) is 74.7 cm³/mol. The number of thiophene rings is 1. The van der Waals surface area contributed by atoms with E-state index in [0.29, 0.717) is 5.56 Å². The number of carbonyl (C=O) groups excluding carboxylic acids is 1. The number of nitrogen functional groups attached to an aromatic ring is 1. The maximum absolute atomic E-state index is 13.9. The van der Waals surface area contributed by atoms with Crippen LogP contribution < -0.4 is 5.73 Å². The molecule has 1 aromatic heterocycles. The fraction of sp³-hybridized carbons (Fsp3) is 0.214. The highest BCUT2D eigenvalue weighted by atomic mass is 32.1. The molecule has 1 heterocycles. The molecule has 0 aliphatic rings. The van der Waals surface area contributed by atoms with Gasteiger partial charge in [-0.3, -0.25) is 0 Å². The predicted octanol–water partition coefficient (Wildman–Crippen LogP) is 3.90. The average Bonchev–Trinajstić information content (AvgIpc) is 2.74. The van der Waals surface area contributed by atoms with Crippen molar-refractivity contribution in [1.29, 1.82) is 0 Å². The van der Waals surface area contributed by atoms with Crippen LogP contribution in [0.15, 0.2) is 12.1 Å². The first-order valence-electron chi connectivity index (χ1n) is 6.08. The minimum Gasteiger partial charge on any atom is -0.462 e. The Hall–Kier alpha value is -2.02. The lowest BCUT2D eigenvalue weighted by Crippen LogP contribution is -2.05. The normalized spacial score (nSPS) is 10.7. The number of ether oxygens (including phenoxy) is 1. The average molecular weight is 315 g/mol. The summed E-state index contributed by atoms with van der Waals surface area (Å²) in [4.78, 5) is 12.1. The Bertz CT molecular complexity index is 713. The number of hydrogen-bond donors (Lipinski definition) is 1. The van der Waals surface area contributed by atoms with Crippen molar-refractivity contribution in [1.82, 2.24) is 0 Å². The number of esters is 1. The zero-order valence-electron chi connectivity index (χ0n) is 11.3. The number of rotatable bonds is 3. The zero-order chi connectivity index (χ0) is 15.7. The Morgan fingerprint density at radius 1 is 1.29 bits per heavy atom. The van der Waals surface area contributed by atoms with Crippen molar-refractivity contribution >= 4 is 23.0 Å². The van der Waals surface area contributed by atoms with Gasteiger partial charge in [0.2, 0.25) is 0 Å². The second-order valence-corrected chi connectivity index (χ2v) is 5.26. The van der Waals surface area contributed by atoms with Gasteiger partial charge < -0.3 is 10.5 Å². The number of carbonyl (C=O) groups is 1. The van der Waals surface area contributed by atoms with E-state index in [-0.39, 0.29) is 27.6 Å². The molecule has 112 valence electrons. The van der Waals surface area contributed by atoms with Gasteiger partial charge in [-0.25, -0.2) is 18.0 Å². The van der Waals surface area contributed by atoms with Gasteiger partial charge in [0.05, 0.1) is 12.3 Å². The first-order chi connectivity index (χ1) is 9.88. The summed E-state index contributed by atoms with van der Waals surface area (Å²) < 4.78 is 45.0. The van der Waals surface area contributed by atoms with Gasteiger partial charge in [-0.2, -0.15) is 0 Å². The highest BCUT2D eigenvalue weighted by Gasteiger charge is 2.23. The van der Waals surface area contributed by atoms with E-state index in [4.69, 9.17) is 10.5 Å². The third-order valence-electron chi connectivity index (χ3n) is 2.93. The van der Waals surface area contributed by atoms with E-state index >= 15 is 0 Å². The Kier molecular flexibility index (Phi) is 4.22. The fourth-order valence-electron chi connectivity index (χ4n) is 1.83. The van der Waals surface area contributed by atoms with Crippen molar-refractivity contribution in [2.45, 2.75) is 13.8 Å². The molecular weight excluding hydrogens is 303 g/mol. The molecule has 0 aliphatic heterocycles. The quantitative estimate of drug-likeness (QED) is 0.690. The molecule has 0 fully saturated rings. The molecule has 0 saturated carbocycles. The zero-order valence-corrected chi connectivity index (χ0v) is 12.1. The van der Waals surface area contributed by atoms with Crippen LogP contribution in [0.2, 0.25) is 0 Å². The Labute approximate surface area is 123 Å². The number of hydrogen-bond acceptors (Lipinski definition) is 4. The second-order valence-electron chi connectivity index (χ2n) is 4.24. The monoisotopic (exact) mass is 315 g/mol. The van der Waals surface area contributed by atoms with Crippen molar-refractivity contribution in [3.8, 4) is 10.4 Å². The lowest BCUT2D eigenvalue weighted by molar-refractivity contribution is 0.0533. The summed E-state index contributed by atoms with van der Waals surface area (Å²) in [5.74, 6) is -4.77. The van der Waals surface area contributed by atoms with Gasteiger partial charge >= 0.3 is 5.97 Å². The summed E-state index contributed by atoms with van der Waals surface area (Å²) in [5.41, 5.74) is 6.24. The molecule has 2 N–H and O–H groups in total. The first-order valence-corrected chi connectivity index (χ1v) is 6.90. The molecular formula is C14H12F3NO2S. The molecule has 2 rings (SSSR count). The van der Waals surface area contributed by atoms with E-state index in [1.54, 1.807) is 13.8 Å². The van der Waals surface area contributed by atoms with Crippen LogP contribution in [0.5, 0.6) is 0 Å². The molecule has 21 heavy (non-hydrogen) atoms. The van der Waals surface area contributed by atoms with Crippen molar-refractivity contribution in [2.75, 3.05) is 12.3 Å². The molecule has 0 atom stereocenters. The van der Waals surface area contributed by atoms with Gasteiger partial charge in [0.25, 0.3) is 0 Å². The van der Waals surface area contributed by atoms with E-state index in [1.165, 1.54) is 0 Å². The maximum atomic E-state index is 13.9. The van der Waals surface area contributed by atoms with E-state index in [9.17, 15) is 18.0 Å². The third-order valence-corrected chi connectivity index (χ3v) is 4.25. The van der Waals surface area contributed by atoms with Crippen molar-refractivity contribution < 1.29 is 22.7 Å². The van der Waals surface area contributed by atoms with Gasteiger partial charge in [0, 0.05) is 10.4 Å². The minimum absolute atomic E-state index is 0.119. The minimum atomic E-state index is -1.56. The molecule has 2 aromatic rings. The largest absolute Gasteiger partial charge is 0.462 e. The third kappa shape index (κ3) is 2.61. The highest BCUT2D eigenvalue weighted by Crippen LogP contribution is 2.40. The Morgan fingerprint density at radius 3 is 2.57 bits per heavy atom. The van der Waals surface area contributed by atoms with Gasteiger partial charge in [0.1, 0.15) is 4.88 Å². The van der Waals surface area contributed by atoms with Crippen molar-refractivity contribution in [2.24, 2.45) is 0 Å². The van der Waals surface area contributed by atoms with Crippen LogP contribution in [-0.4, -0.2) is 12.6 Å². The number of halogens is 3. The molecule has 0 aliphatic carbocycles. The van der Waals surface area contributed by atoms with Gasteiger partial charge in [-0.1, -0.05) is 0 Å². The Balaban J connectivity index is 2.59. The number of anilines is 1. The summed E-state index contributed by atoms with van der Waals surface area (Å²) >= 11 is 0.887. The molecule has 0 unspecified atom stereocenters. The van der Waals surface area contributed by atoms with E-state index < -0.39 is 23.4 Å². The van der Waals surface area contributed by atoms with Crippen LogP contribution >= 0.6 is 11.3 Å². The van der Waals surface area contributed by atoms with E-state index in [0.717, 1.165) is 23.5 Å². The molecule has 0 spiro atoms. The number of nitrogens with two attached hydrogens (primary N) is 1. The molecule has 3 nitrogen and oxygen atoms in total. The smallest absolute Gasteiger partial charge is 0.350 e. The molecule has 1 aromatic carbocycles. The summed E-state index contributed by atoms with van der Waals surface area (Å²) in [6.07, 6.45) is 0. The van der Waals surface area contributed by atoms with Crippen LogP contribution in [-0.2, 0) is 4.74 Å². The lowest BCUT2D eigenvalue weighted by atomic mass is 10.1. The number of benzene rings is 1. The van der Waals surface area contributed by atoms with Crippen LogP contribution in [0.3, 0.4) is 0 Å². The summed E-state index contributed by atoms with van der Waals surface area (Å²) in [6, 6.07) is 1.94. The summed E-state index contributed by atoms with van der Waals surface area (Å²) in [6.45, 7) is 3.39. The van der Waals surface area contributed by atoms with Gasteiger partial charge in [-0.15, -0.1) is 11.3 Å². The SMILES string of the molecule is CCOC(=O)c1sc(-c2ccc(F)c(F)c2F)c(C)c1N. The van der Waals surface area contributed by atoms with Crippen LogP contribution in [0.1, 0.15) is 22.2 Å². The lowest BCUT2D eigenvalue weighted by Gasteiger charge is -2.03. The first kappa shape index (κ1) is 15.4. The highest BCUT2D eigenvalue weighted by molar-refractivity contribution is 7.18. The fourth-order valence-corrected chi connectivity index (χ4v) is 2.97. The van der Waals surface area contributed by atoms with Crippen molar-refractivity contribution in [3.63, 3.8) is 0 Å². The molecule has 0 amide bonds.